The van der Waals surface area contributed by atoms with Crippen LogP contribution in [0.25, 0.3) is 0 Å². The van der Waals surface area contributed by atoms with E-state index in [1.165, 1.54) is 7.11 Å². The van der Waals surface area contributed by atoms with Crippen molar-refractivity contribution in [3.8, 4) is 0 Å². The average molecular weight is 174 g/mol. The van der Waals surface area contributed by atoms with Gasteiger partial charge < -0.3 is 9.47 Å². The molecular formula is C9H18O3. The molecule has 3 heteroatoms. The molecule has 0 spiro atoms. The van der Waals surface area contributed by atoms with Crippen molar-refractivity contribution in [1.82, 2.24) is 0 Å². The van der Waals surface area contributed by atoms with Crippen molar-refractivity contribution in [2.45, 2.75) is 39.2 Å². The van der Waals surface area contributed by atoms with E-state index in [1.54, 1.807) is 0 Å². The zero-order chi connectivity index (χ0) is 9.40. The number of hydrogen-bond acceptors (Lipinski definition) is 3. The van der Waals surface area contributed by atoms with Crippen LogP contribution in [0.4, 0.5) is 0 Å². The van der Waals surface area contributed by atoms with Crippen LogP contribution in [0, 0.1) is 0 Å². The second kappa shape index (κ2) is 7.10. The molecule has 0 aromatic rings. The molecule has 3 nitrogen and oxygen atoms in total. The van der Waals surface area contributed by atoms with E-state index >= 15 is 0 Å². The summed E-state index contributed by atoms with van der Waals surface area (Å²) < 4.78 is 9.77. The van der Waals surface area contributed by atoms with E-state index in [0.29, 0.717) is 0 Å². The summed E-state index contributed by atoms with van der Waals surface area (Å²) in [7, 11) is 1.37. The summed E-state index contributed by atoms with van der Waals surface area (Å²) in [6, 6.07) is 0. The van der Waals surface area contributed by atoms with Crippen LogP contribution in [0.2, 0.25) is 0 Å². The van der Waals surface area contributed by atoms with Gasteiger partial charge in [-0.1, -0.05) is 20.3 Å². The first-order valence-electron chi connectivity index (χ1n) is 4.43. The maximum absolute atomic E-state index is 10.7. The van der Waals surface area contributed by atoms with E-state index in [2.05, 4.69) is 18.6 Å². The highest BCUT2D eigenvalue weighted by Crippen LogP contribution is 2.05. The lowest BCUT2D eigenvalue weighted by Gasteiger charge is -2.13. The SMILES string of the molecule is CCCC(CC)OCC(=O)OC. The summed E-state index contributed by atoms with van der Waals surface area (Å²) in [5, 5.41) is 0. The monoisotopic (exact) mass is 174 g/mol. The third-order valence-electron chi connectivity index (χ3n) is 1.73. The van der Waals surface area contributed by atoms with Crippen LogP contribution >= 0.6 is 0 Å². The predicted octanol–water partition coefficient (Wildman–Crippen LogP) is 1.75. The zero-order valence-electron chi connectivity index (χ0n) is 8.13. The Hall–Kier alpha value is -0.570. The van der Waals surface area contributed by atoms with E-state index < -0.39 is 0 Å². The molecule has 0 bridgehead atoms. The number of carbonyl (C=O) groups is 1. The van der Waals surface area contributed by atoms with Gasteiger partial charge in [0.25, 0.3) is 0 Å². The Bertz CT molecular complexity index is 123. The fourth-order valence-electron chi connectivity index (χ4n) is 0.972. The van der Waals surface area contributed by atoms with Crippen molar-refractivity contribution in [3.63, 3.8) is 0 Å². The minimum absolute atomic E-state index is 0.0784. The highest BCUT2D eigenvalue weighted by atomic mass is 16.6. The third kappa shape index (κ3) is 5.13. The molecule has 0 aliphatic rings. The Morgan fingerprint density at radius 1 is 1.42 bits per heavy atom. The molecule has 72 valence electrons. The molecule has 0 radical (unpaired) electrons. The van der Waals surface area contributed by atoms with Crippen LogP contribution in [-0.4, -0.2) is 25.8 Å². The first-order chi connectivity index (χ1) is 5.74. The minimum atomic E-state index is -0.301. The van der Waals surface area contributed by atoms with Crippen molar-refractivity contribution < 1.29 is 14.3 Å². The van der Waals surface area contributed by atoms with Crippen LogP contribution < -0.4 is 0 Å². The molecule has 0 saturated carbocycles. The molecule has 0 saturated heterocycles. The Labute approximate surface area is 74.0 Å². The van der Waals surface area contributed by atoms with Gasteiger partial charge in [-0.2, -0.15) is 0 Å². The molecule has 0 aromatic carbocycles. The van der Waals surface area contributed by atoms with E-state index in [0.717, 1.165) is 19.3 Å². The number of carbonyl (C=O) groups excluding carboxylic acids is 1. The smallest absolute Gasteiger partial charge is 0.331 e. The number of ether oxygens (including phenoxy) is 2. The van der Waals surface area contributed by atoms with Gasteiger partial charge >= 0.3 is 5.97 Å². The quantitative estimate of drug-likeness (QED) is 0.575. The standard InChI is InChI=1S/C9H18O3/c1-4-6-8(5-2)12-7-9(10)11-3/h8H,4-7H2,1-3H3. The van der Waals surface area contributed by atoms with Crippen molar-refractivity contribution in [1.29, 1.82) is 0 Å². The van der Waals surface area contributed by atoms with Gasteiger partial charge in [0.1, 0.15) is 6.61 Å². The molecule has 0 aromatic heterocycles. The fourth-order valence-corrected chi connectivity index (χ4v) is 0.972. The van der Waals surface area contributed by atoms with Gasteiger partial charge in [-0.25, -0.2) is 4.79 Å². The van der Waals surface area contributed by atoms with Gasteiger partial charge in [-0.15, -0.1) is 0 Å². The Morgan fingerprint density at radius 3 is 2.50 bits per heavy atom. The second-order valence-corrected chi connectivity index (χ2v) is 2.71. The fraction of sp³-hybridized carbons (Fsp3) is 0.889. The Morgan fingerprint density at radius 2 is 2.08 bits per heavy atom. The molecule has 0 aliphatic heterocycles. The van der Waals surface area contributed by atoms with Gasteiger partial charge in [-0.3, -0.25) is 0 Å². The van der Waals surface area contributed by atoms with Crippen LogP contribution in [0.3, 0.4) is 0 Å². The first-order valence-corrected chi connectivity index (χ1v) is 4.43. The number of esters is 1. The minimum Gasteiger partial charge on any atom is -0.467 e. The summed E-state index contributed by atoms with van der Waals surface area (Å²) in [4.78, 5) is 10.7. The largest absolute Gasteiger partial charge is 0.467 e. The van der Waals surface area contributed by atoms with Gasteiger partial charge in [-0.05, 0) is 12.8 Å². The zero-order valence-corrected chi connectivity index (χ0v) is 8.13. The molecule has 12 heavy (non-hydrogen) atoms. The Balaban J connectivity index is 3.50. The van der Waals surface area contributed by atoms with Gasteiger partial charge in [0.05, 0.1) is 13.2 Å². The summed E-state index contributed by atoms with van der Waals surface area (Å²) >= 11 is 0. The molecule has 0 heterocycles. The highest BCUT2D eigenvalue weighted by Gasteiger charge is 2.07. The summed E-state index contributed by atoms with van der Waals surface area (Å²) in [6.07, 6.45) is 3.24. The summed E-state index contributed by atoms with van der Waals surface area (Å²) in [5.41, 5.74) is 0. The summed E-state index contributed by atoms with van der Waals surface area (Å²) in [5.74, 6) is -0.301. The maximum Gasteiger partial charge on any atom is 0.331 e. The molecule has 0 fully saturated rings. The lowest BCUT2D eigenvalue weighted by molar-refractivity contribution is -0.148. The molecule has 0 aliphatic carbocycles. The Kier molecular flexibility index (Phi) is 6.76. The molecule has 0 amide bonds. The molecule has 0 rings (SSSR count). The van der Waals surface area contributed by atoms with Crippen molar-refractivity contribution >= 4 is 5.97 Å². The van der Waals surface area contributed by atoms with E-state index in [4.69, 9.17) is 4.74 Å². The van der Waals surface area contributed by atoms with Crippen LogP contribution in [0.1, 0.15) is 33.1 Å². The van der Waals surface area contributed by atoms with Gasteiger partial charge in [0, 0.05) is 0 Å². The molecule has 1 unspecified atom stereocenters. The lowest BCUT2D eigenvalue weighted by Crippen LogP contribution is -2.18. The normalized spacial score (nSPS) is 12.6. The van der Waals surface area contributed by atoms with Crippen LogP contribution in [-0.2, 0) is 14.3 Å². The van der Waals surface area contributed by atoms with E-state index in [9.17, 15) is 4.79 Å². The molecule has 1 atom stereocenters. The highest BCUT2D eigenvalue weighted by molar-refractivity contribution is 5.70. The number of rotatable bonds is 6. The number of methoxy groups -OCH3 is 1. The van der Waals surface area contributed by atoms with Crippen molar-refractivity contribution in [2.75, 3.05) is 13.7 Å². The number of hydrogen-bond donors (Lipinski definition) is 0. The van der Waals surface area contributed by atoms with E-state index in [-0.39, 0.29) is 18.7 Å². The third-order valence-corrected chi connectivity index (χ3v) is 1.73. The lowest BCUT2D eigenvalue weighted by atomic mass is 10.2. The summed E-state index contributed by atoms with van der Waals surface area (Å²) in [6.45, 7) is 4.23. The second-order valence-electron chi connectivity index (χ2n) is 2.71. The van der Waals surface area contributed by atoms with Gasteiger partial charge in [0.15, 0.2) is 0 Å². The molecular weight excluding hydrogens is 156 g/mol. The van der Waals surface area contributed by atoms with Gasteiger partial charge in [0.2, 0.25) is 0 Å². The van der Waals surface area contributed by atoms with Crippen molar-refractivity contribution in [3.05, 3.63) is 0 Å². The predicted molar refractivity (Wildman–Crippen MR) is 47.0 cm³/mol. The first kappa shape index (κ1) is 11.4. The average Bonchev–Trinajstić information content (AvgIpc) is 2.11. The topological polar surface area (TPSA) is 35.5 Å². The van der Waals surface area contributed by atoms with Crippen LogP contribution in [0.15, 0.2) is 0 Å². The van der Waals surface area contributed by atoms with Crippen LogP contribution in [0.5, 0.6) is 0 Å². The van der Waals surface area contributed by atoms with E-state index in [1.807, 2.05) is 0 Å². The maximum atomic E-state index is 10.7. The van der Waals surface area contributed by atoms with Crippen molar-refractivity contribution in [2.24, 2.45) is 0 Å². The molecule has 0 N–H and O–H groups in total.